The van der Waals surface area contributed by atoms with Gasteiger partial charge in [0.25, 0.3) is 0 Å². The molecule has 3 rings (SSSR count). The number of aryl methyl sites for hydroxylation is 2. The summed E-state index contributed by atoms with van der Waals surface area (Å²) in [5.41, 5.74) is 3.63. The Kier molecular flexibility index (Phi) is 3.17. The molecule has 0 atom stereocenters. The number of hydrogen-bond acceptors (Lipinski definition) is 6. The molecule has 21 heavy (non-hydrogen) atoms. The first-order valence-electron chi connectivity index (χ1n) is 6.62. The second-order valence-corrected chi connectivity index (χ2v) is 5.11. The van der Waals surface area contributed by atoms with Crippen molar-refractivity contribution in [3.8, 4) is 0 Å². The van der Waals surface area contributed by atoms with E-state index in [9.17, 15) is 0 Å². The van der Waals surface area contributed by atoms with Gasteiger partial charge < -0.3 is 10.2 Å². The van der Waals surface area contributed by atoms with Crippen molar-refractivity contribution >= 4 is 28.5 Å². The van der Waals surface area contributed by atoms with Crippen LogP contribution in [0.5, 0.6) is 0 Å². The van der Waals surface area contributed by atoms with Crippen LogP contribution in [0.15, 0.2) is 24.4 Å². The predicted octanol–water partition coefficient (Wildman–Crippen LogP) is 1.88. The normalized spacial score (nSPS) is 10.9. The lowest BCUT2D eigenvalue weighted by molar-refractivity contribution is 0.736. The summed E-state index contributed by atoms with van der Waals surface area (Å²) in [6, 6.07) is 5.87. The maximum Gasteiger partial charge on any atom is 0.229 e. The molecule has 0 fully saturated rings. The van der Waals surface area contributed by atoms with Gasteiger partial charge in [0, 0.05) is 32.9 Å². The third-order valence-electron chi connectivity index (χ3n) is 3.26. The summed E-state index contributed by atoms with van der Waals surface area (Å²) in [7, 11) is 5.79. The van der Waals surface area contributed by atoms with Gasteiger partial charge >= 0.3 is 0 Å². The fourth-order valence-corrected chi connectivity index (χ4v) is 2.22. The molecule has 0 spiro atoms. The van der Waals surface area contributed by atoms with Gasteiger partial charge in [0.15, 0.2) is 0 Å². The van der Waals surface area contributed by atoms with Gasteiger partial charge in [-0.3, -0.25) is 0 Å². The molecule has 1 N–H and O–H groups in total. The van der Waals surface area contributed by atoms with Crippen LogP contribution in [0.1, 0.15) is 5.56 Å². The van der Waals surface area contributed by atoms with Gasteiger partial charge in [-0.1, -0.05) is 11.3 Å². The average Bonchev–Trinajstić information content (AvgIpc) is 2.84. The molecule has 0 amide bonds. The first-order chi connectivity index (χ1) is 10.1. The molecule has 0 aliphatic heterocycles. The van der Waals surface area contributed by atoms with Crippen molar-refractivity contribution in [3.63, 3.8) is 0 Å². The van der Waals surface area contributed by atoms with E-state index in [1.165, 1.54) is 0 Å². The van der Waals surface area contributed by atoms with Crippen LogP contribution < -0.4 is 10.2 Å². The lowest BCUT2D eigenvalue weighted by Gasteiger charge is -2.15. The zero-order valence-electron chi connectivity index (χ0n) is 12.5. The summed E-state index contributed by atoms with van der Waals surface area (Å²) in [5.74, 6) is 1.43. The van der Waals surface area contributed by atoms with E-state index in [1.807, 2.05) is 57.4 Å². The first kappa shape index (κ1) is 13.3. The van der Waals surface area contributed by atoms with E-state index in [0.717, 1.165) is 28.1 Å². The van der Waals surface area contributed by atoms with E-state index >= 15 is 0 Å². The Hall–Kier alpha value is -2.70. The van der Waals surface area contributed by atoms with Gasteiger partial charge in [0.2, 0.25) is 5.95 Å². The van der Waals surface area contributed by atoms with Crippen molar-refractivity contribution in [1.29, 1.82) is 0 Å². The molecule has 7 nitrogen and oxygen atoms in total. The standard InChI is InChI=1S/C14H17N7/c1-9-8-15-14(17-13(9)20(2)3)16-10-6-5-7-11-12(10)18-19-21(11)4/h5-8H,1-4H3,(H,15,16,17). The molecule has 108 valence electrons. The Labute approximate surface area is 122 Å². The van der Waals surface area contributed by atoms with Crippen molar-refractivity contribution in [3.05, 3.63) is 30.0 Å². The quantitative estimate of drug-likeness (QED) is 0.791. The van der Waals surface area contributed by atoms with E-state index < -0.39 is 0 Å². The van der Waals surface area contributed by atoms with E-state index in [4.69, 9.17) is 0 Å². The SMILES string of the molecule is Cc1cnc(Nc2cccc3c2nnn3C)nc1N(C)C. The number of hydrogen-bond donors (Lipinski definition) is 1. The number of rotatable bonds is 3. The maximum atomic E-state index is 4.53. The molecule has 7 heteroatoms. The summed E-state index contributed by atoms with van der Waals surface area (Å²) >= 11 is 0. The molecular formula is C14H17N7. The summed E-state index contributed by atoms with van der Waals surface area (Å²) in [6.45, 7) is 1.99. The summed E-state index contributed by atoms with van der Waals surface area (Å²) in [6.07, 6.45) is 1.81. The van der Waals surface area contributed by atoms with Crippen LogP contribution in [0.25, 0.3) is 11.0 Å². The summed E-state index contributed by atoms with van der Waals surface area (Å²) < 4.78 is 1.74. The minimum Gasteiger partial charge on any atom is -0.362 e. The lowest BCUT2D eigenvalue weighted by Crippen LogP contribution is -2.13. The van der Waals surface area contributed by atoms with Gasteiger partial charge in [-0.05, 0) is 19.1 Å². The summed E-state index contributed by atoms with van der Waals surface area (Å²) in [4.78, 5) is 10.8. The molecule has 0 unspecified atom stereocenters. The largest absolute Gasteiger partial charge is 0.362 e. The smallest absolute Gasteiger partial charge is 0.229 e. The molecule has 0 bridgehead atoms. The number of benzene rings is 1. The van der Waals surface area contributed by atoms with Crippen molar-refractivity contribution < 1.29 is 0 Å². The molecule has 0 saturated carbocycles. The molecular weight excluding hydrogens is 266 g/mol. The second-order valence-electron chi connectivity index (χ2n) is 5.11. The maximum absolute atomic E-state index is 4.53. The minimum absolute atomic E-state index is 0.544. The van der Waals surface area contributed by atoms with Crippen LogP contribution in [0.3, 0.4) is 0 Å². The summed E-state index contributed by atoms with van der Waals surface area (Å²) in [5, 5.41) is 11.4. The van der Waals surface area contributed by atoms with Crippen molar-refractivity contribution in [2.75, 3.05) is 24.3 Å². The highest BCUT2D eigenvalue weighted by Gasteiger charge is 2.10. The minimum atomic E-state index is 0.544. The van der Waals surface area contributed by atoms with Gasteiger partial charge in [-0.2, -0.15) is 4.98 Å². The molecule has 0 aliphatic carbocycles. The van der Waals surface area contributed by atoms with E-state index in [-0.39, 0.29) is 0 Å². The molecule has 2 heterocycles. The third-order valence-corrected chi connectivity index (χ3v) is 3.26. The fraction of sp³-hybridized carbons (Fsp3) is 0.286. The molecule has 0 saturated heterocycles. The highest BCUT2D eigenvalue weighted by Crippen LogP contribution is 2.24. The molecule has 1 aromatic carbocycles. The van der Waals surface area contributed by atoms with E-state index in [2.05, 4.69) is 25.6 Å². The van der Waals surface area contributed by atoms with Crippen LogP contribution in [0.4, 0.5) is 17.5 Å². The number of aromatic nitrogens is 5. The van der Waals surface area contributed by atoms with Crippen LogP contribution >= 0.6 is 0 Å². The molecule has 0 radical (unpaired) electrons. The third kappa shape index (κ3) is 2.37. The number of fused-ring (bicyclic) bond motifs is 1. The highest BCUT2D eigenvalue weighted by molar-refractivity contribution is 5.89. The number of nitrogens with zero attached hydrogens (tertiary/aromatic N) is 6. The molecule has 3 aromatic rings. The fourth-order valence-electron chi connectivity index (χ4n) is 2.22. The van der Waals surface area contributed by atoms with Gasteiger partial charge in [0.05, 0.1) is 11.2 Å². The van der Waals surface area contributed by atoms with E-state index in [1.54, 1.807) is 4.68 Å². The van der Waals surface area contributed by atoms with Crippen molar-refractivity contribution in [1.82, 2.24) is 25.0 Å². The zero-order chi connectivity index (χ0) is 15.0. The van der Waals surface area contributed by atoms with Gasteiger partial charge in [-0.15, -0.1) is 5.10 Å². The van der Waals surface area contributed by atoms with Gasteiger partial charge in [-0.25, -0.2) is 9.67 Å². The van der Waals surface area contributed by atoms with Crippen molar-refractivity contribution in [2.24, 2.45) is 7.05 Å². The van der Waals surface area contributed by atoms with Crippen LogP contribution in [0.2, 0.25) is 0 Å². The predicted molar refractivity (Wildman–Crippen MR) is 82.9 cm³/mol. The Balaban J connectivity index is 2.01. The zero-order valence-corrected chi connectivity index (χ0v) is 12.5. The van der Waals surface area contributed by atoms with Crippen molar-refractivity contribution in [2.45, 2.75) is 6.92 Å². The number of anilines is 3. The Morgan fingerprint density at radius 3 is 2.81 bits per heavy atom. The Bertz CT molecular complexity index is 791. The molecule has 2 aromatic heterocycles. The van der Waals surface area contributed by atoms with Crippen LogP contribution in [-0.2, 0) is 7.05 Å². The lowest BCUT2D eigenvalue weighted by atomic mass is 10.2. The Morgan fingerprint density at radius 2 is 2.05 bits per heavy atom. The first-order valence-corrected chi connectivity index (χ1v) is 6.62. The van der Waals surface area contributed by atoms with Crippen LogP contribution in [0, 0.1) is 6.92 Å². The topological polar surface area (TPSA) is 71.8 Å². The average molecular weight is 283 g/mol. The molecule has 0 aliphatic rings. The second kappa shape index (κ2) is 5.01. The van der Waals surface area contributed by atoms with Crippen LogP contribution in [-0.4, -0.2) is 39.1 Å². The highest BCUT2D eigenvalue weighted by atomic mass is 15.4. The number of nitrogens with one attached hydrogen (secondary N) is 1. The van der Waals surface area contributed by atoms with Gasteiger partial charge in [0.1, 0.15) is 11.3 Å². The monoisotopic (exact) mass is 283 g/mol. The Morgan fingerprint density at radius 1 is 1.24 bits per heavy atom. The van der Waals surface area contributed by atoms with E-state index in [0.29, 0.717) is 5.95 Å².